The predicted molar refractivity (Wildman–Crippen MR) is 108 cm³/mol. The lowest BCUT2D eigenvalue weighted by molar-refractivity contribution is 0.0943. The minimum atomic E-state index is -0.00985. The summed E-state index contributed by atoms with van der Waals surface area (Å²) in [6, 6.07) is 14.3. The van der Waals surface area contributed by atoms with Gasteiger partial charge in [0.15, 0.2) is 0 Å². The van der Waals surface area contributed by atoms with E-state index in [2.05, 4.69) is 17.1 Å². The number of carbonyl (C=O) groups excluding carboxylic acids is 1. The molecule has 1 unspecified atom stereocenters. The number of benzene rings is 1. The summed E-state index contributed by atoms with van der Waals surface area (Å²) in [7, 11) is 0. The van der Waals surface area contributed by atoms with Crippen LogP contribution in [-0.2, 0) is 0 Å². The Balaban J connectivity index is 1.63. The number of aromatic nitrogens is 1. The summed E-state index contributed by atoms with van der Waals surface area (Å²) in [6.07, 6.45) is 2.38. The van der Waals surface area contributed by atoms with Crippen LogP contribution in [0.25, 0.3) is 21.5 Å². The molecule has 26 heavy (non-hydrogen) atoms. The van der Waals surface area contributed by atoms with E-state index >= 15 is 0 Å². The van der Waals surface area contributed by atoms with Gasteiger partial charge in [0, 0.05) is 18.0 Å². The SMILES string of the molecule is CCN1CCCC1CNC(=O)c1cc(-c2cccs2)nc2ccccc12. The molecule has 1 aromatic carbocycles. The van der Waals surface area contributed by atoms with E-state index in [1.54, 1.807) is 11.3 Å². The van der Waals surface area contributed by atoms with E-state index in [-0.39, 0.29) is 5.91 Å². The van der Waals surface area contributed by atoms with E-state index in [4.69, 9.17) is 4.98 Å². The van der Waals surface area contributed by atoms with Crippen LogP contribution in [0.3, 0.4) is 0 Å². The molecule has 1 aliphatic rings. The first-order valence-corrected chi connectivity index (χ1v) is 10.1. The van der Waals surface area contributed by atoms with Crippen molar-refractivity contribution in [3.63, 3.8) is 0 Å². The van der Waals surface area contributed by atoms with Crippen molar-refractivity contribution in [2.45, 2.75) is 25.8 Å². The number of likely N-dealkylation sites (N-methyl/N-ethyl adjacent to an activating group) is 1. The average Bonchev–Trinajstić information content (AvgIpc) is 3.36. The molecule has 0 radical (unpaired) electrons. The Labute approximate surface area is 157 Å². The number of rotatable bonds is 5. The Morgan fingerprint density at radius 2 is 2.19 bits per heavy atom. The number of likely N-dealkylation sites (tertiary alicyclic amines) is 1. The van der Waals surface area contributed by atoms with Crippen molar-refractivity contribution in [2.75, 3.05) is 19.6 Å². The highest BCUT2D eigenvalue weighted by Gasteiger charge is 2.24. The third kappa shape index (κ3) is 3.37. The summed E-state index contributed by atoms with van der Waals surface area (Å²) in [6.45, 7) is 5.07. The van der Waals surface area contributed by atoms with Crippen LogP contribution < -0.4 is 5.32 Å². The van der Waals surface area contributed by atoms with Gasteiger partial charge in [-0.3, -0.25) is 9.69 Å². The molecule has 1 aliphatic heterocycles. The van der Waals surface area contributed by atoms with Gasteiger partial charge in [0.05, 0.1) is 21.7 Å². The molecule has 1 fully saturated rings. The summed E-state index contributed by atoms with van der Waals surface area (Å²) in [5, 5.41) is 6.10. The van der Waals surface area contributed by atoms with Crippen LogP contribution in [0.2, 0.25) is 0 Å². The number of amides is 1. The molecule has 4 rings (SSSR count). The molecule has 0 spiro atoms. The molecule has 1 amide bonds. The minimum absolute atomic E-state index is 0.00985. The fourth-order valence-electron chi connectivity index (χ4n) is 3.76. The number of pyridine rings is 1. The second-order valence-corrected chi connectivity index (χ2v) is 7.63. The summed E-state index contributed by atoms with van der Waals surface area (Å²) in [4.78, 5) is 21.3. The summed E-state index contributed by atoms with van der Waals surface area (Å²) in [5.74, 6) is -0.00985. The number of nitrogens with one attached hydrogen (secondary N) is 1. The maximum atomic E-state index is 13.0. The van der Waals surface area contributed by atoms with Gasteiger partial charge in [-0.05, 0) is 49.5 Å². The lowest BCUT2D eigenvalue weighted by atomic mass is 10.1. The van der Waals surface area contributed by atoms with Crippen LogP contribution in [0.15, 0.2) is 47.8 Å². The molecule has 134 valence electrons. The van der Waals surface area contributed by atoms with Crippen molar-refractivity contribution in [3.05, 3.63) is 53.4 Å². The molecule has 1 saturated heterocycles. The lowest BCUT2D eigenvalue weighted by Crippen LogP contribution is -2.40. The smallest absolute Gasteiger partial charge is 0.252 e. The number of para-hydroxylation sites is 1. The van der Waals surface area contributed by atoms with Crippen molar-refractivity contribution in [3.8, 4) is 10.6 Å². The zero-order valence-electron chi connectivity index (χ0n) is 14.9. The fraction of sp³-hybridized carbons (Fsp3) is 0.333. The Morgan fingerprint density at radius 3 is 3.00 bits per heavy atom. The Kier molecular flexibility index (Phi) is 5.00. The first-order chi connectivity index (χ1) is 12.8. The molecule has 0 bridgehead atoms. The second-order valence-electron chi connectivity index (χ2n) is 6.68. The molecule has 0 saturated carbocycles. The van der Waals surface area contributed by atoms with E-state index in [1.807, 2.05) is 47.8 Å². The molecule has 1 N–H and O–H groups in total. The standard InChI is InChI=1S/C21H23N3OS/c1-2-24-11-5-7-15(24)14-22-21(25)17-13-19(20-10-6-12-26-20)23-18-9-4-3-8-16(17)18/h3-4,6,8-10,12-13,15H,2,5,7,11,14H2,1H3,(H,22,25). The summed E-state index contributed by atoms with van der Waals surface area (Å²) >= 11 is 1.64. The third-order valence-electron chi connectivity index (χ3n) is 5.14. The lowest BCUT2D eigenvalue weighted by Gasteiger charge is -2.23. The van der Waals surface area contributed by atoms with Gasteiger partial charge in [-0.2, -0.15) is 0 Å². The molecule has 0 aliphatic carbocycles. The number of fused-ring (bicyclic) bond motifs is 1. The molecule has 3 aromatic rings. The number of hydrogen-bond acceptors (Lipinski definition) is 4. The van der Waals surface area contributed by atoms with Gasteiger partial charge in [-0.1, -0.05) is 31.2 Å². The normalized spacial score (nSPS) is 17.7. The van der Waals surface area contributed by atoms with Gasteiger partial charge in [-0.25, -0.2) is 4.98 Å². The highest BCUT2D eigenvalue weighted by atomic mass is 32.1. The highest BCUT2D eigenvalue weighted by molar-refractivity contribution is 7.13. The van der Waals surface area contributed by atoms with Crippen LogP contribution >= 0.6 is 11.3 Å². The van der Waals surface area contributed by atoms with Crippen molar-refractivity contribution in [2.24, 2.45) is 0 Å². The van der Waals surface area contributed by atoms with Crippen molar-refractivity contribution >= 4 is 28.1 Å². The molecular formula is C21H23N3OS. The van der Waals surface area contributed by atoms with Gasteiger partial charge in [0.2, 0.25) is 0 Å². The first kappa shape index (κ1) is 17.2. The molecule has 1 atom stereocenters. The minimum Gasteiger partial charge on any atom is -0.350 e. The predicted octanol–water partition coefficient (Wildman–Crippen LogP) is 4.18. The van der Waals surface area contributed by atoms with E-state index < -0.39 is 0 Å². The highest BCUT2D eigenvalue weighted by Crippen LogP contribution is 2.28. The largest absolute Gasteiger partial charge is 0.350 e. The van der Waals surface area contributed by atoms with Crippen molar-refractivity contribution < 1.29 is 4.79 Å². The Bertz CT molecular complexity index is 907. The van der Waals surface area contributed by atoms with Crippen LogP contribution in [-0.4, -0.2) is 41.5 Å². The maximum Gasteiger partial charge on any atom is 0.252 e. The summed E-state index contributed by atoms with van der Waals surface area (Å²) in [5.41, 5.74) is 2.43. The topological polar surface area (TPSA) is 45.2 Å². The van der Waals surface area contributed by atoms with Crippen LogP contribution in [0, 0.1) is 0 Å². The van der Waals surface area contributed by atoms with Gasteiger partial charge in [0.1, 0.15) is 0 Å². The van der Waals surface area contributed by atoms with E-state index in [0.717, 1.165) is 41.0 Å². The second kappa shape index (κ2) is 7.56. The molecule has 5 heteroatoms. The quantitative estimate of drug-likeness (QED) is 0.738. The number of carbonyl (C=O) groups is 1. The third-order valence-corrected chi connectivity index (χ3v) is 6.03. The first-order valence-electron chi connectivity index (χ1n) is 9.22. The van der Waals surface area contributed by atoms with Gasteiger partial charge >= 0.3 is 0 Å². The number of hydrogen-bond donors (Lipinski definition) is 1. The molecule has 2 aromatic heterocycles. The zero-order valence-corrected chi connectivity index (χ0v) is 15.8. The van der Waals surface area contributed by atoms with Gasteiger partial charge < -0.3 is 5.32 Å². The molecule has 3 heterocycles. The fourth-order valence-corrected chi connectivity index (χ4v) is 4.45. The van der Waals surface area contributed by atoms with E-state index in [9.17, 15) is 4.79 Å². The number of nitrogens with zero attached hydrogens (tertiary/aromatic N) is 2. The van der Waals surface area contributed by atoms with Crippen molar-refractivity contribution in [1.29, 1.82) is 0 Å². The van der Waals surface area contributed by atoms with Gasteiger partial charge in [0.25, 0.3) is 5.91 Å². The van der Waals surface area contributed by atoms with Crippen molar-refractivity contribution in [1.82, 2.24) is 15.2 Å². The summed E-state index contributed by atoms with van der Waals surface area (Å²) < 4.78 is 0. The van der Waals surface area contributed by atoms with Crippen LogP contribution in [0.4, 0.5) is 0 Å². The Morgan fingerprint density at radius 1 is 1.31 bits per heavy atom. The van der Waals surface area contributed by atoms with E-state index in [1.165, 1.54) is 6.42 Å². The van der Waals surface area contributed by atoms with E-state index in [0.29, 0.717) is 18.2 Å². The maximum absolute atomic E-state index is 13.0. The molecular weight excluding hydrogens is 342 g/mol. The Hall–Kier alpha value is -2.24. The van der Waals surface area contributed by atoms with Crippen LogP contribution in [0.1, 0.15) is 30.1 Å². The average molecular weight is 366 g/mol. The zero-order chi connectivity index (χ0) is 17.9. The van der Waals surface area contributed by atoms with Gasteiger partial charge in [-0.15, -0.1) is 11.3 Å². The monoisotopic (exact) mass is 365 g/mol. The number of thiophene rings is 1. The molecule has 4 nitrogen and oxygen atoms in total. The van der Waals surface area contributed by atoms with Crippen LogP contribution in [0.5, 0.6) is 0 Å².